The number of hydrogen-bond acceptors (Lipinski definition) is 4. The Kier molecular flexibility index (Phi) is 4.85. The predicted molar refractivity (Wildman–Crippen MR) is 80.6 cm³/mol. The first kappa shape index (κ1) is 14.2. The lowest BCUT2D eigenvalue weighted by Gasteiger charge is -2.11. The minimum Gasteiger partial charge on any atom is -0.493 e. The van der Waals surface area contributed by atoms with Crippen LogP contribution in [0, 0.1) is 0 Å². The molecule has 0 fully saturated rings. The highest BCUT2D eigenvalue weighted by Crippen LogP contribution is 2.28. The van der Waals surface area contributed by atoms with E-state index >= 15 is 0 Å². The van der Waals surface area contributed by atoms with Gasteiger partial charge in [-0.15, -0.1) is 0 Å². The Morgan fingerprint density at radius 1 is 1.15 bits per heavy atom. The molecule has 2 N–H and O–H groups in total. The van der Waals surface area contributed by atoms with Crippen LogP contribution in [0.5, 0.6) is 11.5 Å². The highest BCUT2D eigenvalue weighted by Gasteiger charge is 2.05. The largest absolute Gasteiger partial charge is 0.493 e. The Balaban J connectivity index is 2.10. The summed E-state index contributed by atoms with van der Waals surface area (Å²) < 4.78 is 11.0. The molecule has 0 aromatic heterocycles. The molecule has 0 radical (unpaired) electrons. The Morgan fingerprint density at radius 3 is 2.55 bits per heavy atom. The van der Waals surface area contributed by atoms with Gasteiger partial charge in [0.1, 0.15) is 6.61 Å². The summed E-state index contributed by atoms with van der Waals surface area (Å²) >= 11 is 5.84. The van der Waals surface area contributed by atoms with Crippen molar-refractivity contribution < 1.29 is 9.47 Å². The van der Waals surface area contributed by atoms with E-state index in [1.54, 1.807) is 13.3 Å². The standard InChI is InChI=1S/C15H15ClN2O2/c1-19-15-8-12(9-18-17)4-7-14(15)20-10-11-2-5-13(16)6-3-11/h2-9H,10,17H2,1H3/b18-9-. The fourth-order valence-corrected chi connectivity index (χ4v) is 1.84. The van der Waals surface area contributed by atoms with Gasteiger partial charge in [-0.25, -0.2) is 0 Å². The number of rotatable bonds is 5. The van der Waals surface area contributed by atoms with Crippen LogP contribution in [-0.4, -0.2) is 13.3 Å². The lowest BCUT2D eigenvalue weighted by atomic mass is 10.2. The monoisotopic (exact) mass is 290 g/mol. The van der Waals surface area contributed by atoms with E-state index in [0.29, 0.717) is 23.1 Å². The number of methoxy groups -OCH3 is 1. The summed E-state index contributed by atoms with van der Waals surface area (Å²) in [4.78, 5) is 0. The maximum atomic E-state index is 5.84. The molecule has 4 nitrogen and oxygen atoms in total. The average Bonchev–Trinajstić information content (AvgIpc) is 2.47. The molecule has 0 unspecified atom stereocenters. The molecule has 0 bridgehead atoms. The minimum absolute atomic E-state index is 0.442. The van der Waals surface area contributed by atoms with Crippen LogP contribution in [0.1, 0.15) is 11.1 Å². The minimum atomic E-state index is 0.442. The number of hydrogen-bond donors (Lipinski definition) is 1. The number of benzene rings is 2. The number of hydrazone groups is 1. The van der Waals surface area contributed by atoms with Gasteiger partial charge in [-0.05, 0) is 41.5 Å². The molecule has 2 aromatic rings. The highest BCUT2D eigenvalue weighted by atomic mass is 35.5. The van der Waals surface area contributed by atoms with Crippen LogP contribution in [0.4, 0.5) is 0 Å². The van der Waals surface area contributed by atoms with Gasteiger partial charge in [0.2, 0.25) is 0 Å². The van der Waals surface area contributed by atoms with Gasteiger partial charge in [-0.2, -0.15) is 5.10 Å². The fraction of sp³-hybridized carbons (Fsp3) is 0.133. The average molecular weight is 291 g/mol. The van der Waals surface area contributed by atoms with Crippen LogP contribution in [0.2, 0.25) is 5.02 Å². The summed E-state index contributed by atoms with van der Waals surface area (Å²) in [5.41, 5.74) is 1.88. The molecular formula is C15H15ClN2O2. The Labute approximate surface area is 122 Å². The third-order valence-electron chi connectivity index (χ3n) is 2.72. The van der Waals surface area contributed by atoms with E-state index in [1.165, 1.54) is 0 Å². The third kappa shape index (κ3) is 3.65. The van der Waals surface area contributed by atoms with E-state index < -0.39 is 0 Å². The third-order valence-corrected chi connectivity index (χ3v) is 2.97. The second-order valence-corrected chi connectivity index (χ2v) is 4.54. The molecule has 104 valence electrons. The van der Waals surface area contributed by atoms with Crippen molar-refractivity contribution in [3.63, 3.8) is 0 Å². The van der Waals surface area contributed by atoms with Gasteiger partial charge in [-0.3, -0.25) is 0 Å². The zero-order valence-electron chi connectivity index (χ0n) is 11.0. The van der Waals surface area contributed by atoms with Crippen molar-refractivity contribution in [2.24, 2.45) is 10.9 Å². The summed E-state index contributed by atoms with van der Waals surface area (Å²) in [5.74, 6) is 6.42. The van der Waals surface area contributed by atoms with E-state index in [4.69, 9.17) is 26.9 Å². The van der Waals surface area contributed by atoms with Crippen molar-refractivity contribution in [1.29, 1.82) is 0 Å². The predicted octanol–water partition coefficient (Wildman–Crippen LogP) is 3.22. The van der Waals surface area contributed by atoms with Gasteiger partial charge < -0.3 is 15.3 Å². The highest BCUT2D eigenvalue weighted by molar-refractivity contribution is 6.30. The van der Waals surface area contributed by atoms with Crippen LogP contribution in [0.25, 0.3) is 0 Å². The maximum Gasteiger partial charge on any atom is 0.161 e. The van der Waals surface area contributed by atoms with Crippen LogP contribution >= 0.6 is 11.6 Å². The molecule has 0 amide bonds. The zero-order valence-corrected chi connectivity index (χ0v) is 11.8. The van der Waals surface area contributed by atoms with E-state index in [0.717, 1.165) is 11.1 Å². The van der Waals surface area contributed by atoms with Crippen LogP contribution < -0.4 is 15.3 Å². The van der Waals surface area contributed by atoms with E-state index in [9.17, 15) is 0 Å². The Bertz CT molecular complexity index is 597. The summed E-state index contributed by atoms with van der Waals surface area (Å²) in [6.07, 6.45) is 1.55. The number of nitrogens with two attached hydrogens (primary N) is 1. The molecule has 0 spiro atoms. The molecule has 0 aliphatic carbocycles. The van der Waals surface area contributed by atoms with Gasteiger partial charge in [0.15, 0.2) is 11.5 Å². The molecule has 2 aromatic carbocycles. The van der Waals surface area contributed by atoms with Crippen molar-refractivity contribution in [3.8, 4) is 11.5 Å². The van der Waals surface area contributed by atoms with E-state index in [1.807, 2.05) is 42.5 Å². The van der Waals surface area contributed by atoms with Gasteiger partial charge in [0.25, 0.3) is 0 Å². The lowest BCUT2D eigenvalue weighted by molar-refractivity contribution is 0.284. The van der Waals surface area contributed by atoms with Gasteiger partial charge in [0, 0.05) is 5.02 Å². The molecule has 0 saturated heterocycles. The van der Waals surface area contributed by atoms with Crippen molar-refractivity contribution in [2.45, 2.75) is 6.61 Å². The molecule has 0 aliphatic heterocycles. The smallest absolute Gasteiger partial charge is 0.161 e. The lowest BCUT2D eigenvalue weighted by Crippen LogP contribution is -1.98. The SMILES string of the molecule is COc1cc(/C=N\N)ccc1OCc1ccc(Cl)cc1. The molecule has 0 heterocycles. The summed E-state index contributed by atoms with van der Waals surface area (Å²) in [6.45, 7) is 0.442. The first-order valence-electron chi connectivity index (χ1n) is 6.01. The molecule has 0 atom stereocenters. The van der Waals surface area contributed by atoms with Gasteiger partial charge >= 0.3 is 0 Å². The quantitative estimate of drug-likeness (QED) is 0.522. The van der Waals surface area contributed by atoms with Crippen molar-refractivity contribution in [2.75, 3.05) is 7.11 Å². The normalized spacial score (nSPS) is 10.7. The summed E-state index contributed by atoms with van der Waals surface area (Å²) in [6, 6.07) is 13.0. The Morgan fingerprint density at radius 2 is 1.90 bits per heavy atom. The molecule has 5 heteroatoms. The molecule has 20 heavy (non-hydrogen) atoms. The van der Waals surface area contributed by atoms with Crippen molar-refractivity contribution in [1.82, 2.24) is 0 Å². The summed E-state index contributed by atoms with van der Waals surface area (Å²) in [5, 5.41) is 4.18. The second-order valence-electron chi connectivity index (χ2n) is 4.10. The van der Waals surface area contributed by atoms with Crippen LogP contribution in [-0.2, 0) is 6.61 Å². The topological polar surface area (TPSA) is 56.8 Å². The van der Waals surface area contributed by atoms with E-state index in [2.05, 4.69) is 5.10 Å². The molecular weight excluding hydrogens is 276 g/mol. The number of halogens is 1. The van der Waals surface area contributed by atoms with Crippen molar-refractivity contribution >= 4 is 17.8 Å². The second kappa shape index (κ2) is 6.82. The fourth-order valence-electron chi connectivity index (χ4n) is 1.71. The number of ether oxygens (including phenoxy) is 2. The van der Waals surface area contributed by atoms with Gasteiger partial charge in [-0.1, -0.05) is 23.7 Å². The summed E-state index contributed by atoms with van der Waals surface area (Å²) in [7, 11) is 1.59. The van der Waals surface area contributed by atoms with Crippen molar-refractivity contribution in [3.05, 3.63) is 58.6 Å². The molecule has 2 rings (SSSR count). The molecule has 0 aliphatic rings. The first-order chi connectivity index (χ1) is 9.72. The maximum absolute atomic E-state index is 5.84. The van der Waals surface area contributed by atoms with Crippen LogP contribution in [0.15, 0.2) is 47.6 Å². The Hall–Kier alpha value is -2.20. The zero-order chi connectivity index (χ0) is 14.4. The molecule has 0 saturated carbocycles. The van der Waals surface area contributed by atoms with Gasteiger partial charge in [0.05, 0.1) is 13.3 Å². The number of nitrogens with zero attached hydrogens (tertiary/aromatic N) is 1. The first-order valence-corrected chi connectivity index (χ1v) is 6.39. The van der Waals surface area contributed by atoms with Crippen LogP contribution in [0.3, 0.4) is 0 Å². The van der Waals surface area contributed by atoms with E-state index in [-0.39, 0.29) is 0 Å².